The topological polar surface area (TPSA) is 51.0 Å². The van der Waals surface area contributed by atoms with Crippen molar-refractivity contribution in [1.82, 2.24) is 19.7 Å². The second-order valence-corrected chi connectivity index (χ2v) is 6.53. The molecule has 0 bridgehead atoms. The molecular weight excluding hydrogens is 326 g/mol. The van der Waals surface area contributed by atoms with Crippen LogP contribution in [0.3, 0.4) is 0 Å². The number of hydrogen-bond donors (Lipinski definition) is 0. The number of nitrogens with zero attached hydrogens (tertiary/aromatic N) is 4. The zero-order chi connectivity index (χ0) is 17.6. The summed E-state index contributed by atoms with van der Waals surface area (Å²) in [7, 11) is 0. The van der Waals surface area contributed by atoms with Crippen LogP contribution in [0.5, 0.6) is 0 Å². The lowest BCUT2D eigenvalue weighted by Gasteiger charge is -2.33. The van der Waals surface area contributed by atoms with Gasteiger partial charge in [-0.05, 0) is 43.2 Å². The van der Waals surface area contributed by atoms with E-state index in [1.165, 1.54) is 18.5 Å². The summed E-state index contributed by atoms with van der Waals surface area (Å²) < 4.78 is 28.3. The second-order valence-electron chi connectivity index (χ2n) is 6.53. The van der Waals surface area contributed by atoms with Crippen molar-refractivity contribution in [3.63, 3.8) is 0 Å². The molecule has 0 aliphatic carbocycles. The number of aromatic nitrogens is 3. The van der Waals surface area contributed by atoms with Gasteiger partial charge in [0.1, 0.15) is 24.3 Å². The fraction of sp³-hybridized carbons (Fsp3) is 0.500. The van der Waals surface area contributed by atoms with Crippen LogP contribution in [-0.2, 0) is 17.8 Å². The van der Waals surface area contributed by atoms with Gasteiger partial charge in [-0.15, -0.1) is 0 Å². The van der Waals surface area contributed by atoms with Crippen LogP contribution >= 0.6 is 0 Å². The van der Waals surface area contributed by atoms with E-state index in [-0.39, 0.29) is 5.91 Å². The highest BCUT2D eigenvalue weighted by Gasteiger charge is 2.23. The van der Waals surface area contributed by atoms with E-state index >= 15 is 0 Å². The van der Waals surface area contributed by atoms with Crippen molar-refractivity contribution in [2.75, 3.05) is 13.1 Å². The molecule has 5 nitrogen and oxygen atoms in total. The molecule has 7 heteroatoms. The predicted octanol–water partition coefficient (Wildman–Crippen LogP) is 2.82. The highest BCUT2D eigenvalue weighted by molar-refractivity contribution is 5.76. The number of hydrogen-bond acceptors (Lipinski definition) is 3. The minimum Gasteiger partial charge on any atom is -0.342 e. The Labute approximate surface area is 145 Å². The van der Waals surface area contributed by atoms with Crippen molar-refractivity contribution < 1.29 is 13.6 Å². The molecule has 1 atom stereocenters. The van der Waals surface area contributed by atoms with Crippen molar-refractivity contribution in [3.8, 4) is 0 Å². The van der Waals surface area contributed by atoms with Crippen LogP contribution in [0.25, 0.3) is 0 Å². The lowest BCUT2D eigenvalue weighted by Crippen LogP contribution is -2.40. The maximum atomic E-state index is 13.7. The van der Waals surface area contributed by atoms with Gasteiger partial charge in [0.25, 0.3) is 0 Å². The molecule has 1 aliphatic rings. The van der Waals surface area contributed by atoms with Crippen LogP contribution in [0.2, 0.25) is 0 Å². The summed E-state index contributed by atoms with van der Waals surface area (Å²) >= 11 is 0. The molecule has 3 rings (SSSR count). The Hall–Kier alpha value is -2.31. The third kappa shape index (κ3) is 4.84. The standard InChI is InChI=1S/C18H22F2N4O/c19-16-6-5-15(17(20)10-16)4-3-14-2-1-8-23(11-14)18(25)7-9-24-13-21-12-22-24/h5-6,10,12-14H,1-4,7-9,11H2. The monoisotopic (exact) mass is 348 g/mol. The number of aryl methyl sites for hydroxylation is 2. The Kier molecular flexibility index (Phi) is 5.73. The average molecular weight is 348 g/mol. The van der Waals surface area contributed by atoms with Crippen molar-refractivity contribution in [2.24, 2.45) is 5.92 Å². The highest BCUT2D eigenvalue weighted by atomic mass is 19.1. The summed E-state index contributed by atoms with van der Waals surface area (Å²) in [6.45, 7) is 2.01. The third-order valence-electron chi connectivity index (χ3n) is 4.73. The highest BCUT2D eigenvalue weighted by Crippen LogP contribution is 2.23. The van der Waals surface area contributed by atoms with E-state index in [2.05, 4.69) is 10.1 Å². The zero-order valence-corrected chi connectivity index (χ0v) is 14.1. The lowest BCUT2D eigenvalue weighted by atomic mass is 9.91. The van der Waals surface area contributed by atoms with E-state index in [0.717, 1.165) is 31.9 Å². The van der Waals surface area contributed by atoms with E-state index in [4.69, 9.17) is 0 Å². The molecule has 1 fully saturated rings. The number of rotatable bonds is 6. The number of amides is 1. The van der Waals surface area contributed by atoms with Gasteiger partial charge in [0.05, 0.1) is 6.54 Å². The second kappa shape index (κ2) is 8.18. The first kappa shape index (κ1) is 17.5. The third-order valence-corrected chi connectivity index (χ3v) is 4.73. The lowest BCUT2D eigenvalue weighted by molar-refractivity contribution is -0.133. The smallest absolute Gasteiger partial charge is 0.224 e. The van der Waals surface area contributed by atoms with Crippen LogP contribution in [0, 0.1) is 17.6 Å². The quantitative estimate of drug-likeness (QED) is 0.807. The van der Waals surface area contributed by atoms with E-state index in [0.29, 0.717) is 37.4 Å². The van der Waals surface area contributed by atoms with Crippen LogP contribution in [0.15, 0.2) is 30.9 Å². The van der Waals surface area contributed by atoms with Gasteiger partial charge < -0.3 is 4.90 Å². The van der Waals surface area contributed by atoms with Crippen LogP contribution in [0.1, 0.15) is 31.2 Å². The van der Waals surface area contributed by atoms with Gasteiger partial charge >= 0.3 is 0 Å². The molecule has 0 saturated carbocycles. The van der Waals surface area contributed by atoms with E-state index in [1.807, 2.05) is 4.90 Å². The van der Waals surface area contributed by atoms with Gasteiger partial charge in [-0.25, -0.2) is 13.8 Å². The normalized spacial score (nSPS) is 17.7. The van der Waals surface area contributed by atoms with Gasteiger partial charge in [-0.3, -0.25) is 9.48 Å². The largest absolute Gasteiger partial charge is 0.342 e. The molecule has 1 unspecified atom stereocenters. The molecule has 25 heavy (non-hydrogen) atoms. The Bertz CT molecular complexity index is 705. The molecule has 1 saturated heterocycles. The fourth-order valence-corrected chi connectivity index (χ4v) is 3.33. The number of benzene rings is 1. The predicted molar refractivity (Wildman–Crippen MR) is 88.6 cm³/mol. The van der Waals surface area contributed by atoms with Crippen molar-refractivity contribution in [2.45, 2.75) is 38.6 Å². The fourth-order valence-electron chi connectivity index (χ4n) is 3.33. The van der Waals surface area contributed by atoms with E-state index in [9.17, 15) is 13.6 Å². The first-order chi connectivity index (χ1) is 12.1. The first-order valence-corrected chi connectivity index (χ1v) is 8.66. The van der Waals surface area contributed by atoms with Gasteiger partial charge in [-0.1, -0.05) is 6.07 Å². The molecule has 1 aromatic heterocycles. The molecule has 1 aromatic carbocycles. The maximum Gasteiger partial charge on any atom is 0.224 e. The summed E-state index contributed by atoms with van der Waals surface area (Å²) in [5.74, 6) is -0.568. The molecule has 1 amide bonds. The van der Waals surface area contributed by atoms with E-state index < -0.39 is 11.6 Å². The van der Waals surface area contributed by atoms with Gasteiger partial charge in [0, 0.05) is 25.6 Å². The number of halogens is 2. The number of likely N-dealkylation sites (tertiary alicyclic amines) is 1. The van der Waals surface area contributed by atoms with E-state index in [1.54, 1.807) is 11.0 Å². The first-order valence-electron chi connectivity index (χ1n) is 8.66. The minimum atomic E-state index is -0.553. The molecule has 0 radical (unpaired) electrons. The number of piperidine rings is 1. The Morgan fingerprint density at radius 2 is 2.20 bits per heavy atom. The molecule has 1 aliphatic heterocycles. The molecule has 0 N–H and O–H groups in total. The maximum absolute atomic E-state index is 13.7. The average Bonchev–Trinajstić information content (AvgIpc) is 3.13. The summed E-state index contributed by atoms with van der Waals surface area (Å²) in [5, 5.41) is 4.00. The molecular formula is C18H22F2N4O. The van der Waals surface area contributed by atoms with Crippen LogP contribution in [0.4, 0.5) is 8.78 Å². The van der Waals surface area contributed by atoms with Crippen LogP contribution < -0.4 is 0 Å². The summed E-state index contributed by atoms with van der Waals surface area (Å²) in [5.41, 5.74) is 0.538. The minimum absolute atomic E-state index is 0.119. The Morgan fingerprint density at radius 3 is 2.96 bits per heavy atom. The van der Waals surface area contributed by atoms with Gasteiger partial charge in [0.15, 0.2) is 0 Å². The molecule has 2 aromatic rings. The van der Waals surface area contributed by atoms with Crippen LogP contribution in [-0.4, -0.2) is 38.7 Å². The Balaban J connectivity index is 1.48. The Morgan fingerprint density at radius 1 is 1.32 bits per heavy atom. The van der Waals surface area contributed by atoms with Gasteiger partial charge in [-0.2, -0.15) is 5.10 Å². The summed E-state index contributed by atoms with van der Waals surface area (Å²) in [4.78, 5) is 18.1. The molecule has 0 spiro atoms. The summed E-state index contributed by atoms with van der Waals surface area (Å²) in [6.07, 6.45) is 6.83. The number of carbonyl (C=O) groups excluding carboxylic acids is 1. The number of carbonyl (C=O) groups is 1. The summed E-state index contributed by atoms with van der Waals surface area (Å²) in [6, 6.07) is 3.73. The SMILES string of the molecule is O=C(CCn1cncn1)N1CCCC(CCc2ccc(F)cc2F)C1. The van der Waals surface area contributed by atoms with Gasteiger partial charge in [0.2, 0.25) is 5.91 Å². The van der Waals surface area contributed by atoms with Crippen molar-refractivity contribution in [3.05, 3.63) is 48.1 Å². The zero-order valence-electron chi connectivity index (χ0n) is 14.1. The van der Waals surface area contributed by atoms with Crippen molar-refractivity contribution in [1.29, 1.82) is 0 Å². The molecule has 2 heterocycles. The molecule has 134 valence electrons. The van der Waals surface area contributed by atoms with Crippen molar-refractivity contribution >= 4 is 5.91 Å².